The average Bonchev–Trinajstić information content (AvgIpc) is 2.80. The Kier molecular flexibility index (Phi) is 4.69. The number of aromatic nitrogens is 2. The van der Waals surface area contributed by atoms with Gasteiger partial charge in [-0.05, 0) is 48.5 Å². The summed E-state index contributed by atoms with van der Waals surface area (Å²) in [5.74, 6) is 3.67. The third kappa shape index (κ3) is 3.53. The second-order valence-electron chi connectivity index (χ2n) is 6.76. The zero-order chi connectivity index (χ0) is 20.3. The average molecular weight is 400 g/mol. The van der Waals surface area contributed by atoms with Gasteiger partial charge in [-0.25, -0.2) is 9.97 Å². The Morgan fingerprint density at radius 2 is 1.83 bits per heavy atom. The van der Waals surface area contributed by atoms with Crippen LogP contribution >= 0.6 is 0 Å². The van der Waals surface area contributed by atoms with Crippen molar-refractivity contribution in [2.75, 3.05) is 30.9 Å². The Bertz CT molecular complexity index is 1190. The van der Waals surface area contributed by atoms with Crippen molar-refractivity contribution in [3.05, 3.63) is 67.0 Å². The summed E-state index contributed by atoms with van der Waals surface area (Å²) in [7, 11) is 1.63. The van der Waals surface area contributed by atoms with E-state index in [1.54, 1.807) is 13.4 Å². The van der Waals surface area contributed by atoms with Crippen LogP contribution in [0.4, 0.5) is 17.2 Å². The highest BCUT2D eigenvalue weighted by atomic mass is 16.5. The molecular weight excluding hydrogens is 380 g/mol. The van der Waals surface area contributed by atoms with E-state index in [2.05, 4.69) is 20.6 Å². The van der Waals surface area contributed by atoms with Gasteiger partial charge in [0.2, 0.25) is 0 Å². The zero-order valence-corrected chi connectivity index (χ0v) is 16.4. The van der Waals surface area contributed by atoms with E-state index in [1.807, 2.05) is 60.7 Å². The molecule has 2 heterocycles. The van der Waals surface area contributed by atoms with E-state index in [1.165, 1.54) is 0 Å². The number of nitrogens with one attached hydrogen (secondary N) is 2. The predicted molar refractivity (Wildman–Crippen MR) is 116 cm³/mol. The fraction of sp³-hybridized carbons (Fsp3) is 0.130. The minimum Gasteiger partial charge on any atom is -0.497 e. The second-order valence-corrected chi connectivity index (χ2v) is 6.76. The van der Waals surface area contributed by atoms with Crippen molar-refractivity contribution >= 4 is 28.1 Å². The molecule has 4 aromatic rings. The van der Waals surface area contributed by atoms with Crippen molar-refractivity contribution in [1.29, 1.82) is 0 Å². The van der Waals surface area contributed by atoms with Crippen molar-refractivity contribution in [2.45, 2.75) is 0 Å². The Morgan fingerprint density at radius 1 is 0.967 bits per heavy atom. The predicted octanol–water partition coefficient (Wildman–Crippen LogP) is 4.98. The molecule has 30 heavy (non-hydrogen) atoms. The number of hydrogen-bond donors (Lipinski definition) is 2. The minimum absolute atomic E-state index is 0.608. The van der Waals surface area contributed by atoms with E-state index in [-0.39, 0.29) is 0 Å². The first-order valence-corrected chi connectivity index (χ1v) is 9.63. The highest BCUT2D eigenvalue weighted by Crippen LogP contribution is 2.39. The van der Waals surface area contributed by atoms with Crippen molar-refractivity contribution in [2.24, 2.45) is 0 Å². The van der Waals surface area contributed by atoms with E-state index in [0.29, 0.717) is 18.2 Å². The van der Waals surface area contributed by atoms with Gasteiger partial charge in [-0.3, -0.25) is 0 Å². The summed E-state index contributed by atoms with van der Waals surface area (Å²) >= 11 is 0. The number of methoxy groups -OCH3 is 1. The third-order valence-corrected chi connectivity index (χ3v) is 4.81. The molecule has 0 saturated heterocycles. The molecule has 2 N–H and O–H groups in total. The molecule has 1 aromatic heterocycles. The maximum Gasteiger partial charge on any atom is 0.155 e. The summed E-state index contributed by atoms with van der Waals surface area (Å²) in [4.78, 5) is 8.82. The maximum atomic E-state index is 5.91. The number of nitrogens with zero attached hydrogens (tertiary/aromatic N) is 2. The quantitative estimate of drug-likeness (QED) is 0.489. The standard InChI is InChI=1S/C23H20N4O3/c1-28-17-3-2-4-18(13-17)30-16-7-5-15(6-8-16)27-23-21-19(25-14-26-23)9-10-20-22(21)29-12-11-24-20/h2-10,13-14,24H,11-12H2,1H3,(H,25,26,27). The highest BCUT2D eigenvalue weighted by molar-refractivity contribution is 5.99. The Morgan fingerprint density at radius 3 is 2.70 bits per heavy atom. The number of ether oxygens (including phenoxy) is 3. The molecule has 1 aliphatic rings. The van der Waals surface area contributed by atoms with Gasteiger partial charge in [0, 0.05) is 18.3 Å². The van der Waals surface area contributed by atoms with Gasteiger partial charge in [0.15, 0.2) is 5.75 Å². The summed E-state index contributed by atoms with van der Waals surface area (Å²) < 4.78 is 17.1. The van der Waals surface area contributed by atoms with Gasteiger partial charge in [0.25, 0.3) is 0 Å². The molecule has 0 fully saturated rings. The monoisotopic (exact) mass is 400 g/mol. The Hall–Kier alpha value is -4.00. The molecule has 0 atom stereocenters. The van der Waals surface area contributed by atoms with Crippen molar-refractivity contribution in [3.8, 4) is 23.0 Å². The summed E-state index contributed by atoms with van der Waals surface area (Å²) in [6.45, 7) is 1.39. The van der Waals surface area contributed by atoms with E-state index >= 15 is 0 Å². The SMILES string of the molecule is COc1cccc(Oc2ccc(Nc3ncnc4ccc5c(c34)OCCN5)cc2)c1. The highest BCUT2D eigenvalue weighted by Gasteiger charge is 2.17. The van der Waals surface area contributed by atoms with Gasteiger partial charge >= 0.3 is 0 Å². The smallest absolute Gasteiger partial charge is 0.155 e. The normalized spacial score (nSPS) is 12.4. The van der Waals surface area contributed by atoms with Crippen LogP contribution < -0.4 is 24.8 Å². The lowest BCUT2D eigenvalue weighted by molar-refractivity contribution is 0.327. The molecule has 7 heteroatoms. The molecule has 0 bridgehead atoms. The fourth-order valence-corrected chi connectivity index (χ4v) is 3.39. The van der Waals surface area contributed by atoms with Crippen LogP contribution in [0, 0.1) is 0 Å². The van der Waals surface area contributed by atoms with Crippen molar-refractivity contribution in [1.82, 2.24) is 9.97 Å². The van der Waals surface area contributed by atoms with Crippen LogP contribution in [0.25, 0.3) is 10.9 Å². The first kappa shape index (κ1) is 18.1. The van der Waals surface area contributed by atoms with Gasteiger partial charge in [-0.2, -0.15) is 0 Å². The first-order valence-electron chi connectivity index (χ1n) is 9.63. The molecule has 0 amide bonds. The number of hydrogen-bond acceptors (Lipinski definition) is 7. The molecule has 0 unspecified atom stereocenters. The van der Waals surface area contributed by atoms with Gasteiger partial charge in [-0.1, -0.05) is 6.07 Å². The number of rotatable bonds is 5. The molecule has 1 aliphatic heterocycles. The largest absolute Gasteiger partial charge is 0.497 e. The van der Waals surface area contributed by atoms with Crippen LogP contribution in [-0.2, 0) is 0 Å². The molecule has 0 aliphatic carbocycles. The van der Waals surface area contributed by atoms with E-state index < -0.39 is 0 Å². The molecule has 0 saturated carbocycles. The van der Waals surface area contributed by atoms with E-state index in [4.69, 9.17) is 14.2 Å². The summed E-state index contributed by atoms with van der Waals surface area (Å²) in [5, 5.41) is 7.58. The van der Waals surface area contributed by atoms with Crippen molar-refractivity contribution < 1.29 is 14.2 Å². The van der Waals surface area contributed by atoms with Gasteiger partial charge < -0.3 is 24.8 Å². The molecule has 0 radical (unpaired) electrons. The lowest BCUT2D eigenvalue weighted by Gasteiger charge is -2.21. The zero-order valence-electron chi connectivity index (χ0n) is 16.4. The Balaban J connectivity index is 1.40. The molecular formula is C23H20N4O3. The van der Waals surface area contributed by atoms with Crippen LogP contribution in [0.15, 0.2) is 67.0 Å². The van der Waals surface area contributed by atoms with Crippen LogP contribution in [0.5, 0.6) is 23.0 Å². The number of fused-ring (bicyclic) bond motifs is 3. The molecule has 150 valence electrons. The van der Waals surface area contributed by atoms with Gasteiger partial charge in [0.05, 0.1) is 23.7 Å². The summed E-state index contributed by atoms with van der Waals surface area (Å²) in [6.07, 6.45) is 1.55. The summed E-state index contributed by atoms with van der Waals surface area (Å²) in [6, 6.07) is 19.1. The van der Waals surface area contributed by atoms with Gasteiger partial charge in [-0.15, -0.1) is 0 Å². The Labute approximate surface area is 173 Å². The lowest BCUT2D eigenvalue weighted by Crippen LogP contribution is -2.18. The number of anilines is 3. The van der Waals surface area contributed by atoms with Gasteiger partial charge in [0.1, 0.15) is 36.0 Å². The molecule has 0 spiro atoms. The lowest BCUT2D eigenvalue weighted by atomic mass is 10.1. The van der Waals surface area contributed by atoms with Crippen molar-refractivity contribution in [3.63, 3.8) is 0 Å². The van der Waals surface area contributed by atoms with Crippen LogP contribution in [0.1, 0.15) is 0 Å². The maximum absolute atomic E-state index is 5.91. The minimum atomic E-state index is 0.608. The number of benzene rings is 3. The summed E-state index contributed by atoms with van der Waals surface area (Å²) in [5.41, 5.74) is 2.66. The second kappa shape index (κ2) is 7.79. The van der Waals surface area contributed by atoms with Crippen LogP contribution in [0.3, 0.4) is 0 Å². The van der Waals surface area contributed by atoms with Crippen LogP contribution in [-0.4, -0.2) is 30.2 Å². The molecule has 3 aromatic carbocycles. The fourth-order valence-electron chi connectivity index (χ4n) is 3.39. The van der Waals surface area contributed by atoms with E-state index in [9.17, 15) is 0 Å². The van der Waals surface area contributed by atoms with E-state index in [0.717, 1.165) is 46.1 Å². The van der Waals surface area contributed by atoms with Crippen LogP contribution in [0.2, 0.25) is 0 Å². The third-order valence-electron chi connectivity index (χ3n) is 4.81. The topological polar surface area (TPSA) is 77.5 Å². The first-order chi connectivity index (χ1) is 14.8. The molecule has 5 rings (SSSR count). The molecule has 7 nitrogen and oxygen atoms in total.